The zero-order valence-electron chi connectivity index (χ0n) is 17.3. The number of rotatable bonds is 8. The molecule has 164 valence electrons. The van der Waals surface area contributed by atoms with Crippen molar-refractivity contribution in [1.82, 2.24) is 5.32 Å². The molecule has 0 bridgehead atoms. The van der Waals surface area contributed by atoms with Gasteiger partial charge in [0.05, 0.1) is 31.1 Å². The highest BCUT2D eigenvalue weighted by molar-refractivity contribution is 5.88. The lowest BCUT2D eigenvalue weighted by Gasteiger charge is -2.31. The summed E-state index contributed by atoms with van der Waals surface area (Å²) in [6.45, 7) is 4.97. The summed E-state index contributed by atoms with van der Waals surface area (Å²) in [7, 11) is 0. The fourth-order valence-electron chi connectivity index (χ4n) is 3.42. The number of hydrogen-bond donors (Lipinski definition) is 1. The van der Waals surface area contributed by atoms with Crippen molar-refractivity contribution in [2.45, 2.75) is 45.6 Å². The molecule has 1 aromatic rings. The van der Waals surface area contributed by atoms with E-state index in [9.17, 15) is 23.2 Å². The van der Waals surface area contributed by atoms with Crippen LogP contribution in [0, 0.1) is 11.8 Å². The largest absolute Gasteiger partial charge is 0.466 e. The van der Waals surface area contributed by atoms with E-state index in [0.29, 0.717) is 5.56 Å². The highest BCUT2D eigenvalue weighted by Gasteiger charge is 2.49. The smallest absolute Gasteiger partial charge is 0.345 e. The number of ether oxygens (including phenoxy) is 2. The average molecular weight is 423 g/mol. The van der Waals surface area contributed by atoms with Crippen LogP contribution < -0.4 is 5.32 Å². The number of carbonyl (C=O) groups excluding carboxylic acids is 3. The van der Waals surface area contributed by atoms with Crippen molar-refractivity contribution < 1.29 is 32.6 Å². The van der Waals surface area contributed by atoms with Crippen LogP contribution in [0.5, 0.6) is 0 Å². The van der Waals surface area contributed by atoms with Crippen molar-refractivity contribution in [2.75, 3.05) is 13.2 Å². The molecule has 30 heavy (non-hydrogen) atoms. The van der Waals surface area contributed by atoms with Crippen LogP contribution in [0.3, 0.4) is 0 Å². The Hall–Kier alpha value is -2.77. The van der Waals surface area contributed by atoms with Gasteiger partial charge in [0.15, 0.2) is 0 Å². The third-order valence-electron chi connectivity index (χ3n) is 5.06. The third kappa shape index (κ3) is 5.43. The molecule has 0 unspecified atom stereocenters. The molecule has 0 fully saturated rings. The molecule has 1 aromatic carbocycles. The molecule has 1 aliphatic rings. The lowest BCUT2D eigenvalue weighted by atomic mass is 9.77. The van der Waals surface area contributed by atoms with E-state index in [0.717, 1.165) is 6.08 Å². The molecule has 8 heteroatoms. The number of halogens is 2. The number of benzene rings is 1. The molecule has 0 aromatic heterocycles. The van der Waals surface area contributed by atoms with Gasteiger partial charge in [-0.25, -0.2) is 0 Å². The van der Waals surface area contributed by atoms with Gasteiger partial charge >= 0.3 is 17.9 Å². The number of carbonyl (C=O) groups is 3. The molecule has 1 N–H and O–H groups in total. The first-order valence-electron chi connectivity index (χ1n) is 9.98. The highest BCUT2D eigenvalue weighted by Crippen LogP contribution is 2.39. The number of hydrogen-bond acceptors (Lipinski definition) is 5. The van der Waals surface area contributed by atoms with Crippen molar-refractivity contribution in [3.05, 3.63) is 47.5 Å². The first kappa shape index (κ1) is 23.5. The normalized spacial score (nSPS) is 20.0. The van der Waals surface area contributed by atoms with Gasteiger partial charge < -0.3 is 14.8 Å². The summed E-state index contributed by atoms with van der Waals surface area (Å²) >= 11 is 0. The van der Waals surface area contributed by atoms with E-state index >= 15 is 0 Å². The van der Waals surface area contributed by atoms with Crippen LogP contribution in [0.15, 0.2) is 42.0 Å². The van der Waals surface area contributed by atoms with Gasteiger partial charge in [-0.05, 0) is 39.2 Å². The number of nitrogens with one attached hydrogen (secondary N) is 1. The number of esters is 2. The monoisotopic (exact) mass is 423 g/mol. The Morgan fingerprint density at radius 1 is 1.07 bits per heavy atom. The van der Waals surface area contributed by atoms with Gasteiger partial charge in [0.25, 0.3) is 5.91 Å². The third-order valence-corrected chi connectivity index (χ3v) is 5.06. The van der Waals surface area contributed by atoms with Gasteiger partial charge in [0, 0.05) is 5.57 Å². The molecular weight excluding hydrogens is 396 g/mol. The van der Waals surface area contributed by atoms with E-state index in [1.807, 2.05) is 0 Å². The predicted octanol–water partition coefficient (Wildman–Crippen LogP) is 3.58. The summed E-state index contributed by atoms with van der Waals surface area (Å²) in [6.07, 6.45) is 0.571. The van der Waals surface area contributed by atoms with Gasteiger partial charge in [-0.2, -0.15) is 8.78 Å². The van der Waals surface area contributed by atoms with E-state index < -0.39 is 53.6 Å². The van der Waals surface area contributed by atoms with E-state index in [4.69, 9.17) is 9.47 Å². The van der Waals surface area contributed by atoms with E-state index in [1.165, 1.54) is 0 Å². The fourth-order valence-corrected chi connectivity index (χ4v) is 3.42. The van der Waals surface area contributed by atoms with Crippen LogP contribution in [-0.2, 0) is 23.9 Å². The van der Waals surface area contributed by atoms with E-state index in [1.54, 1.807) is 51.1 Å². The van der Waals surface area contributed by atoms with Gasteiger partial charge in [-0.15, -0.1) is 0 Å². The summed E-state index contributed by atoms with van der Waals surface area (Å²) < 4.78 is 39.8. The van der Waals surface area contributed by atoms with Crippen molar-refractivity contribution in [3.8, 4) is 0 Å². The van der Waals surface area contributed by atoms with Crippen molar-refractivity contribution in [2.24, 2.45) is 11.8 Å². The Morgan fingerprint density at radius 3 is 2.20 bits per heavy atom. The SMILES string of the molecule is CCOC(=O)[C@H]1CC=C(C(F)(F)C(=O)N[C@H](C)c2ccccc2)C[C@@H]1C(=O)OCC. The molecule has 0 radical (unpaired) electrons. The van der Waals surface area contributed by atoms with Crippen molar-refractivity contribution >= 4 is 17.8 Å². The standard InChI is InChI=1S/C22H27F2NO5/c1-4-29-19(26)17-12-11-16(13-18(17)20(27)30-5-2)22(23,24)21(28)25-14(3)15-9-7-6-8-10-15/h6-11,14,17-18H,4-5,12-13H2,1-3H3,(H,25,28)/t14-,17+,18+/m1/s1. The second kappa shape index (κ2) is 10.3. The first-order valence-corrected chi connectivity index (χ1v) is 9.98. The maximum atomic E-state index is 14.9. The topological polar surface area (TPSA) is 81.7 Å². The summed E-state index contributed by atoms with van der Waals surface area (Å²) in [6, 6.07) is 8.11. The summed E-state index contributed by atoms with van der Waals surface area (Å²) in [5, 5.41) is 2.32. The minimum atomic E-state index is -3.83. The van der Waals surface area contributed by atoms with Crippen LogP contribution >= 0.6 is 0 Å². The van der Waals surface area contributed by atoms with E-state index in [2.05, 4.69) is 5.32 Å². The minimum absolute atomic E-state index is 0.0510. The first-order chi connectivity index (χ1) is 14.2. The molecule has 0 aliphatic heterocycles. The second-order valence-electron chi connectivity index (χ2n) is 7.07. The Bertz CT molecular complexity index is 794. The molecule has 6 nitrogen and oxygen atoms in total. The maximum Gasteiger partial charge on any atom is 0.345 e. The fraction of sp³-hybridized carbons (Fsp3) is 0.500. The van der Waals surface area contributed by atoms with Crippen LogP contribution in [-0.4, -0.2) is 37.0 Å². The Morgan fingerprint density at radius 2 is 1.63 bits per heavy atom. The number of alkyl halides is 2. The minimum Gasteiger partial charge on any atom is -0.466 e. The second-order valence-corrected chi connectivity index (χ2v) is 7.07. The van der Waals surface area contributed by atoms with Crippen LogP contribution in [0.2, 0.25) is 0 Å². The molecular formula is C22H27F2NO5. The Kier molecular flexibility index (Phi) is 8.08. The predicted molar refractivity (Wildman–Crippen MR) is 106 cm³/mol. The van der Waals surface area contributed by atoms with Gasteiger partial charge in [-0.3, -0.25) is 14.4 Å². The summed E-state index contributed by atoms with van der Waals surface area (Å²) in [5.41, 5.74) is 0.185. The van der Waals surface area contributed by atoms with Gasteiger partial charge in [-0.1, -0.05) is 36.4 Å². The molecule has 0 spiro atoms. The Balaban J connectivity index is 2.19. The van der Waals surface area contributed by atoms with Crippen LogP contribution in [0.4, 0.5) is 8.78 Å². The average Bonchev–Trinajstić information content (AvgIpc) is 2.74. The quantitative estimate of drug-likeness (QED) is 0.511. The van der Waals surface area contributed by atoms with Gasteiger partial charge in [0.1, 0.15) is 0 Å². The molecule has 0 saturated carbocycles. The molecule has 0 saturated heterocycles. The number of amides is 1. The summed E-state index contributed by atoms with van der Waals surface area (Å²) in [5.74, 6) is -8.73. The molecule has 0 heterocycles. The zero-order valence-corrected chi connectivity index (χ0v) is 17.3. The van der Waals surface area contributed by atoms with E-state index in [-0.39, 0.29) is 19.6 Å². The molecule has 1 aliphatic carbocycles. The summed E-state index contributed by atoms with van der Waals surface area (Å²) in [4.78, 5) is 36.9. The zero-order chi connectivity index (χ0) is 22.3. The van der Waals surface area contributed by atoms with Crippen molar-refractivity contribution in [1.29, 1.82) is 0 Å². The number of allylic oxidation sites excluding steroid dienone is 1. The maximum absolute atomic E-state index is 14.9. The molecule has 2 rings (SSSR count). The van der Waals surface area contributed by atoms with Crippen LogP contribution in [0.1, 0.15) is 45.2 Å². The highest BCUT2D eigenvalue weighted by atomic mass is 19.3. The Labute approximate surface area is 174 Å². The molecule has 1 amide bonds. The molecule has 3 atom stereocenters. The lowest BCUT2D eigenvalue weighted by Crippen LogP contribution is -2.45. The lowest BCUT2D eigenvalue weighted by molar-refractivity contribution is -0.161. The van der Waals surface area contributed by atoms with Crippen LogP contribution in [0.25, 0.3) is 0 Å². The van der Waals surface area contributed by atoms with Crippen molar-refractivity contribution in [3.63, 3.8) is 0 Å². The van der Waals surface area contributed by atoms with Gasteiger partial charge in [0.2, 0.25) is 0 Å².